The maximum atomic E-state index is 5.45. The average Bonchev–Trinajstić information content (AvgIpc) is 2.77. The number of furan rings is 1. The highest BCUT2D eigenvalue weighted by molar-refractivity contribution is 5.03. The molecule has 0 aromatic carbocycles. The van der Waals surface area contributed by atoms with Gasteiger partial charge in [0.1, 0.15) is 5.76 Å². The molecule has 1 aromatic heterocycles. The van der Waals surface area contributed by atoms with Crippen molar-refractivity contribution in [1.82, 2.24) is 10.2 Å². The molecule has 2 atom stereocenters. The van der Waals surface area contributed by atoms with Gasteiger partial charge in [-0.3, -0.25) is 0 Å². The lowest BCUT2D eigenvalue weighted by Gasteiger charge is -2.25. The van der Waals surface area contributed by atoms with Crippen LogP contribution in [0, 0.1) is 0 Å². The predicted octanol–water partition coefficient (Wildman–Crippen LogP) is 3.19. The van der Waals surface area contributed by atoms with Crippen LogP contribution in [0.4, 0.5) is 0 Å². The molecule has 1 aliphatic heterocycles. The highest BCUT2D eigenvalue weighted by atomic mass is 16.3. The smallest absolute Gasteiger partial charge is 0.120 e. The van der Waals surface area contributed by atoms with Crippen molar-refractivity contribution in [3.05, 3.63) is 24.2 Å². The van der Waals surface area contributed by atoms with Crippen LogP contribution in [-0.4, -0.2) is 30.1 Å². The number of nitrogens with zero attached hydrogens (tertiary/aromatic N) is 1. The van der Waals surface area contributed by atoms with Gasteiger partial charge in [0.15, 0.2) is 0 Å². The third-order valence-electron chi connectivity index (χ3n) is 3.95. The summed E-state index contributed by atoms with van der Waals surface area (Å²) in [5.41, 5.74) is 0. The molecule has 3 heteroatoms. The topological polar surface area (TPSA) is 28.4 Å². The molecule has 1 fully saturated rings. The highest BCUT2D eigenvalue weighted by Gasteiger charge is 2.20. The van der Waals surface area contributed by atoms with Crippen molar-refractivity contribution < 1.29 is 4.42 Å². The molecular formula is C15H26N2O. The zero-order valence-corrected chi connectivity index (χ0v) is 11.9. The lowest BCUT2D eigenvalue weighted by atomic mass is 10.1. The van der Waals surface area contributed by atoms with Crippen molar-refractivity contribution in [2.24, 2.45) is 0 Å². The van der Waals surface area contributed by atoms with Gasteiger partial charge in [-0.2, -0.15) is 0 Å². The molecule has 0 bridgehead atoms. The lowest BCUT2D eigenvalue weighted by molar-refractivity contribution is 0.228. The number of hydrogen-bond acceptors (Lipinski definition) is 3. The highest BCUT2D eigenvalue weighted by Crippen LogP contribution is 2.18. The van der Waals surface area contributed by atoms with Gasteiger partial charge in [-0.25, -0.2) is 0 Å². The first-order valence-corrected chi connectivity index (χ1v) is 7.20. The third kappa shape index (κ3) is 3.59. The van der Waals surface area contributed by atoms with Crippen molar-refractivity contribution in [3.63, 3.8) is 0 Å². The first-order chi connectivity index (χ1) is 8.66. The first-order valence-electron chi connectivity index (χ1n) is 7.20. The Balaban J connectivity index is 1.83. The van der Waals surface area contributed by atoms with E-state index in [-0.39, 0.29) is 0 Å². The van der Waals surface area contributed by atoms with Gasteiger partial charge in [0.05, 0.1) is 12.3 Å². The van der Waals surface area contributed by atoms with Crippen LogP contribution in [-0.2, 0) is 0 Å². The van der Waals surface area contributed by atoms with Gasteiger partial charge in [-0.15, -0.1) is 0 Å². The second-order valence-corrected chi connectivity index (χ2v) is 5.66. The normalized spacial score (nSPS) is 24.1. The SMILES string of the molecule is CC(C)N1CCCC(N[C@H](C)c2ccco2)CC1. The summed E-state index contributed by atoms with van der Waals surface area (Å²) in [6.45, 7) is 9.22. The molecule has 0 radical (unpaired) electrons. The van der Waals surface area contributed by atoms with E-state index in [4.69, 9.17) is 4.42 Å². The Labute approximate surface area is 111 Å². The molecule has 1 aliphatic rings. The second kappa shape index (κ2) is 6.39. The van der Waals surface area contributed by atoms with Crippen LogP contribution >= 0.6 is 0 Å². The van der Waals surface area contributed by atoms with Crippen molar-refractivity contribution in [2.75, 3.05) is 13.1 Å². The fourth-order valence-corrected chi connectivity index (χ4v) is 2.77. The van der Waals surface area contributed by atoms with Gasteiger partial charge in [0, 0.05) is 12.1 Å². The molecular weight excluding hydrogens is 224 g/mol. The molecule has 0 amide bonds. The zero-order valence-electron chi connectivity index (χ0n) is 11.9. The van der Waals surface area contributed by atoms with Gasteiger partial charge < -0.3 is 14.6 Å². The van der Waals surface area contributed by atoms with E-state index in [2.05, 4.69) is 37.1 Å². The molecule has 0 saturated carbocycles. The molecule has 1 saturated heterocycles. The fraction of sp³-hybridized carbons (Fsp3) is 0.733. The standard InChI is InChI=1S/C15H26N2O/c1-12(2)17-9-4-6-14(8-10-17)16-13(3)15-7-5-11-18-15/h5,7,11-14,16H,4,6,8-10H2,1-3H3/t13-,14?/m1/s1. The number of likely N-dealkylation sites (tertiary alicyclic amines) is 1. The van der Waals surface area contributed by atoms with Crippen LogP contribution in [0.3, 0.4) is 0 Å². The van der Waals surface area contributed by atoms with Gasteiger partial charge in [0.25, 0.3) is 0 Å². The summed E-state index contributed by atoms with van der Waals surface area (Å²) in [6, 6.07) is 5.62. The molecule has 2 rings (SSSR count). The Hall–Kier alpha value is -0.800. The fourth-order valence-electron chi connectivity index (χ4n) is 2.77. The largest absolute Gasteiger partial charge is 0.468 e. The summed E-state index contributed by atoms with van der Waals surface area (Å²) in [5, 5.41) is 3.70. The molecule has 1 unspecified atom stereocenters. The zero-order chi connectivity index (χ0) is 13.0. The molecule has 1 aromatic rings. The Morgan fingerprint density at radius 1 is 1.28 bits per heavy atom. The summed E-state index contributed by atoms with van der Waals surface area (Å²) in [7, 11) is 0. The van der Waals surface area contributed by atoms with Crippen LogP contribution in [0.15, 0.2) is 22.8 Å². The van der Waals surface area contributed by atoms with E-state index in [9.17, 15) is 0 Å². The minimum atomic E-state index is 0.315. The van der Waals surface area contributed by atoms with Crippen molar-refractivity contribution in [2.45, 2.75) is 58.2 Å². The molecule has 102 valence electrons. The minimum absolute atomic E-state index is 0.315. The van der Waals surface area contributed by atoms with E-state index in [0.717, 1.165) is 5.76 Å². The predicted molar refractivity (Wildman–Crippen MR) is 74.6 cm³/mol. The Bertz CT molecular complexity index is 334. The van der Waals surface area contributed by atoms with Gasteiger partial charge in [-0.05, 0) is 65.3 Å². The number of rotatable bonds is 4. The molecule has 18 heavy (non-hydrogen) atoms. The quantitative estimate of drug-likeness (QED) is 0.889. The summed E-state index contributed by atoms with van der Waals surface area (Å²) in [6.07, 6.45) is 5.55. The van der Waals surface area contributed by atoms with Crippen molar-refractivity contribution in [1.29, 1.82) is 0 Å². The van der Waals surface area contributed by atoms with Crippen LogP contribution < -0.4 is 5.32 Å². The van der Waals surface area contributed by atoms with Crippen LogP contribution in [0.25, 0.3) is 0 Å². The minimum Gasteiger partial charge on any atom is -0.468 e. The van der Waals surface area contributed by atoms with E-state index in [1.165, 1.54) is 32.4 Å². The van der Waals surface area contributed by atoms with E-state index in [0.29, 0.717) is 18.1 Å². The molecule has 0 spiro atoms. The number of nitrogens with one attached hydrogen (secondary N) is 1. The van der Waals surface area contributed by atoms with Crippen LogP contribution in [0.1, 0.15) is 51.8 Å². The van der Waals surface area contributed by atoms with Crippen molar-refractivity contribution in [3.8, 4) is 0 Å². The molecule has 3 nitrogen and oxygen atoms in total. The summed E-state index contributed by atoms with van der Waals surface area (Å²) < 4.78 is 5.45. The Morgan fingerprint density at radius 3 is 2.78 bits per heavy atom. The molecule has 0 aliphatic carbocycles. The van der Waals surface area contributed by atoms with Crippen molar-refractivity contribution >= 4 is 0 Å². The van der Waals surface area contributed by atoms with Gasteiger partial charge in [-0.1, -0.05) is 0 Å². The monoisotopic (exact) mass is 250 g/mol. The van der Waals surface area contributed by atoms with E-state index in [1.54, 1.807) is 6.26 Å². The first kappa shape index (κ1) is 13.6. The van der Waals surface area contributed by atoms with Crippen LogP contribution in [0.5, 0.6) is 0 Å². The maximum absolute atomic E-state index is 5.45. The Morgan fingerprint density at radius 2 is 2.11 bits per heavy atom. The van der Waals surface area contributed by atoms with E-state index in [1.807, 2.05) is 6.07 Å². The van der Waals surface area contributed by atoms with Gasteiger partial charge in [0.2, 0.25) is 0 Å². The number of hydrogen-bond donors (Lipinski definition) is 1. The van der Waals surface area contributed by atoms with Gasteiger partial charge >= 0.3 is 0 Å². The molecule has 2 heterocycles. The summed E-state index contributed by atoms with van der Waals surface area (Å²) in [5.74, 6) is 1.04. The maximum Gasteiger partial charge on any atom is 0.120 e. The van der Waals surface area contributed by atoms with E-state index >= 15 is 0 Å². The van der Waals surface area contributed by atoms with E-state index < -0.39 is 0 Å². The Kier molecular flexibility index (Phi) is 4.84. The lowest BCUT2D eigenvalue weighted by Crippen LogP contribution is -2.34. The average molecular weight is 250 g/mol. The molecule has 1 N–H and O–H groups in total. The second-order valence-electron chi connectivity index (χ2n) is 5.66. The summed E-state index contributed by atoms with van der Waals surface area (Å²) in [4.78, 5) is 2.58. The summed E-state index contributed by atoms with van der Waals surface area (Å²) >= 11 is 0. The third-order valence-corrected chi connectivity index (χ3v) is 3.95. The van der Waals surface area contributed by atoms with Crippen LogP contribution in [0.2, 0.25) is 0 Å².